The summed E-state index contributed by atoms with van der Waals surface area (Å²) in [7, 11) is 0. The average Bonchev–Trinajstić information content (AvgIpc) is 4.02. The zero-order chi connectivity index (χ0) is 49.1. The fourth-order valence-corrected chi connectivity index (χ4v) is 8.92. The molecule has 1 aliphatic rings. The van der Waals surface area contributed by atoms with E-state index in [0.29, 0.717) is 49.4 Å². The lowest BCUT2D eigenvalue weighted by Crippen LogP contribution is -2.29. The van der Waals surface area contributed by atoms with Crippen molar-refractivity contribution in [3.05, 3.63) is 148 Å². The van der Waals surface area contributed by atoms with Crippen LogP contribution in [0.4, 0.5) is 0 Å². The lowest BCUT2D eigenvalue weighted by molar-refractivity contribution is 0.0510. The largest absolute Gasteiger partial charge is 0.477 e. The first-order chi connectivity index (χ1) is 33.1. The Morgan fingerprint density at radius 3 is 1.81 bits per heavy atom. The van der Waals surface area contributed by atoms with Crippen LogP contribution in [0.25, 0.3) is 65.4 Å². The fourth-order valence-electron chi connectivity index (χ4n) is 8.92. The molecule has 3 aromatic carbocycles. The number of carbonyl (C=O) groups is 3. The molecule has 15 nitrogen and oxygen atoms in total. The molecule has 15 heteroatoms. The summed E-state index contributed by atoms with van der Waals surface area (Å²) in [6.07, 6.45) is 13.1. The third kappa shape index (κ3) is 9.70. The van der Waals surface area contributed by atoms with Gasteiger partial charge in [0, 0.05) is 55.3 Å². The van der Waals surface area contributed by atoms with Gasteiger partial charge in [-0.25, -0.2) is 29.3 Å². The molecule has 0 bridgehead atoms. The Morgan fingerprint density at radius 2 is 1.22 bits per heavy atom. The molecule has 9 aromatic rings. The van der Waals surface area contributed by atoms with Gasteiger partial charge in [0.15, 0.2) is 11.4 Å². The summed E-state index contributed by atoms with van der Waals surface area (Å²) in [4.78, 5) is 57.6. The number of aromatic nitrogens is 6. The second-order valence-electron chi connectivity index (χ2n) is 17.1. The van der Waals surface area contributed by atoms with Crippen LogP contribution in [0.1, 0.15) is 113 Å². The molecule has 0 saturated heterocycles. The van der Waals surface area contributed by atoms with Crippen molar-refractivity contribution in [3.8, 4) is 0 Å². The molecule has 0 saturated carbocycles. The maximum atomic E-state index is 12.0. The highest BCUT2D eigenvalue weighted by atomic mass is 16.5. The fraction of sp³-hybridized carbons (Fsp3) is 0.259. The number of H-pyrrole nitrogens is 3. The molecule has 6 aromatic heterocycles. The van der Waals surface area contributed by atoms with Crippen LogP contribution in [0.3, 0.4) is 0 Å². The van der Waals surface area contributed by atoms with E-state index in [1.165, 1.54) is 0 Å². The van der Waals surface area contributed by atoms with Gasteiger partial charge in [0.1, 0.15) is 5.69 Å². The second-order valence-corrected chi connectivity index (χ2v) is 17.1. The quantitative estimate of drug-likeness (QED) is 0.0635. The van der Waals surface area contributed by atoms with Gasteiger partial charge < -0.3 is 44.9 Å². The number of hydrogen-bond acceptors (Lipinski definition) is 11. The van der Waals surface area contributed by atoms with Crippen LogP contribution in [0.5, 0.6) is 0 Å². The van der Waals surface area contributed by atoms with Gasteiger partial charge in [-0.1, -0.05) is 49.4 Å². The Labute approximate surface area is 396 Å². The number of aliphatic hydroxyl groups excluding tert-OH is 2. The topological polar surface area (TPSA) is 237 Å². The van der Waals surface area contributed by atoms with Gasteiger partial charge in [-0.15, -0.1) is 0 Å². The van der Waals surface area contributed by atoms with E-state index >= 15 is 0 Å². The first kappa shape index (κ1) is 47.8. The summed E-state index contributed by atoms with van der Waals surface area (Å²) in [5, 5.41) is 45.2. The number of ether oxygens (including phenoxy) is 2. The highest BCUT2D eigenvalue weighted by Crippen LogP contribution is 2.34. The van der Waals surface area contributed by atoms with Crippen molar-refractivity contribution < 1.29 is 44.3 Å². The van der Waals surface area contributed by atoms with Crippen LogP contribution < -0.4 is 0 Å². The number of aromatic carboxylic acids is 1. The number of hydrogen-bond donors (Lipinski definition) is 7. The molecule has 0 aliphatic heterocycles. The van der Waals surface area contributed by atoms with E-state index < -0.39 is 35.7 Å². The SMILES string of the molecule is CCOC(=O)c1cc2c(cn1)[nH]c1ccc(CC3(O)C=CC=CC3)cc12.CCOC(=O)c1ncc2[nH]c3ccc(C(C)O)cc3c2c1C.CCc1c(C(=O)O)ncc2[nH]c3ccc(C(C)O)cc3c12. The van der Waals surface area contributed by atoms with E-state index in [2.05, 4.69) is 36.0 Å². The first-order valence-electron chi connectivity index (χ1n) is 22.9. The van der Waals surface area contributed by atoms with E-state index in [1.54, 1.807) is 52.4 Å². The highest BCUT2D eigenvalue weighted by Gasteiger charge is 2.25. The number of nitrogens with one attached hydrogen (secondary N) is 3. The van der Waals surface area contributed by atoms with Crippen LogP contribution in [-0.4, -0.2) is 87.1 Å². The summed E-state index contributed by atoms with van der Waals surface area (Å²) in [5.74, 6) is -1.86. The van der Waals surface area contributed by atoms with Gasteiger partial charge in [-0.2, -0.15) is 0 Å². The van der Waals surface area contributed by atoms with E-state index in [-0.39, 0.29) is 5.69 Å². The van der Waals surface area contributed by atoms with Gasteiger partial charge in [0.25, 0.3) is 0 Å². The molecular formula is C54H54N6O9. The number of carboxylic acids is 1. The van der Waals surface area contributed by atoms with Crippen molar-refractivity contribution in [2.45, 2.75) is 78.6 Å². The van der Waals surface area contributed by atoms with Crippen LogP contribution in [-0.2, 0) is 22.3 Å². The minimum atomic E-state index is -1.02. The lowest BCUT2D eigenvalue weighted by atomic mass is 9.88. The monoisotopic (exact) mass is 930 g/mol. The molecule has 1 aliphatic carbocycles. The number of benzene rings is 3. The van der Waals surface area contributed by atoms with Crippen molar-refractivity contribution in [1.82, 2.24) is 29.9 Å². The summed E-state index contributed by atoms with van der Waals surface area (Å²) in [6, 6.07) is 19.3. The number of carbonyl (C=O) groups excluding carboxylic acids is 2. The molecule has 6 heterocycles. The number of nitrogens with zero attached hydrogens (tertiary/aromatic N) is 3. The van der Waals surface area contributed by atoms with Crippen molar-refractivity contribution in [2.24, 2.45) is 0 Å². The Bertz CT molecular complexity index is 3490. The zero-order valence-electron chi connectivity index (χ0n) is 39.2. The van der Waals surface area contributed by atoms with Gasteiger partial charge in [-0.05, 0) is 118 Å². The number of carboxylic acid groups (broad SMARTS) is 1. The molecule has 0 amide bonds. The predicted molar refractivity (Wildman–Crippen MR) is 267 cm³/mol. The molecule has 69 heavy (non-hydrogen) atoms. The summed E-state index contributed by atoms with van der Waals surface area (Å²) in [5.41, 5.74) is 9.41. The van der Waals surface area contributed by atoms with Crippen LogP contribution in [0.15, 0.2) is 104 Å². The minimum Gasteiger partial charge on any atom is -0.477 e. The lowest BCUT2D eigenvalue weighted by Gasteiger charge is -2.25. The van der Waals surface area contributed by atoms with E-state index in [9.17, 15) is 34.8 Å². The normalized spacial score (nSPS) is 15.3. The summed E-state index contributed by atoms with van der Waals surface area (Å²) < 4.78 is 10.1. The van der Waals surface area contributed by atoms with Crippen molar-refractivity contribution in [2.75, 3.05) is 13.2 Å². The minimum absolute atomic E-state index is 0.0911. The van der Waals surface area contributed by atoms with E-state index in [1.807, 2.05) is 86.7 Å². The number of allylic oxidation sites excluding steroid dienone is 2. The third-order valence-electron chi connectivity index (χ3n) is 12.3. The molecular weight excluding hydrogens is 877 g/mol. The zero-order valence-corrected chi connectivity index (χ0v) is 39.2. The summed E-state index contributed by atoms with van der Waals surface area (Å²) in [6.45, 7) is 11.4. The average molecular weight is 931 g/mol. The Hall–Kier alpha value is -7.72. The van der Waals surface area contributed by atoms with Gasteiger partial charge >= 0.3 is 17.9 Å². The number of aliphatic hydroxyl groups is 3. The van der Waals surface area contributed by atoms with Crippen molar-refractivity contribution in [1.29, 1.82) is 0 Å². The standard InChI is InChI=1S/C21H20N2O3.C17H18N2O3.C16H16N2O3/c1-2-26-20(24)18-11-16-15-10-14(12-21(25)8-4-3-5-9-21)6-7-17(15)23-19(16)13-22-18;1-4-22-17(21)16-9(2)15-12-7-11(10(3)20)5-6-13(12)19-14(15)8-18-16;1-3-10-14-11-6-9(8(2)19)4-5-12(11)18-13(14)7-17-15(10)16(20)21/h3-8,10-11,13,23,25H,2,9,12H2,1H3;5-8,10,19-20H,4H2,1-3H3;4-8,18-19H,3H2,1-2H3,(H,20,21). The smallest absolute Gasteiger partial charge is 0.357 e. The molecule has 10 rings (SSSR count). The van der Waals surface area contributed by atoms with Gasteiger partial charge in [0.05, 0.1) is 66.2 Å². The number of esters is 2. The molecule has 0 spiro atoms. The molecule has 0 fully saturated rings. The molecule has 0 radical (unpaired) electrons. The number of aromatic amines is 3. The maximum absolute atomic E-state index is 12.0. The number of aryl methyl sites for hydroxylation is 2. The Kier molecular flexibility index (Phi) is 13.7. The van der Waals surface area contributed by atoms with Crippen LogP contribution >= 0.6 is 0 Å². The molecule has 7 N–H and O–H groups in total. The number of rotatable bonds is 10. The Morgan fingerprint density at radius 1 is 0.667 bits per heavy atom. The number of fused-ring (bicyclic) bond motifs is 9. The van der Waals surface area contributed by atoms with Crippen LogP contribution in [0, 0.1) is 6.92 Å². The Balaban J connectivity index is 0.000000141. The van der Waals surface area contributed by atoms with Crippen molar-refractivity contribution >= 4 is 83.3 Å². The van der Waals surface area contributed by atoms with E-state index in [0.717, 1.165) is 87.7 Å². The van der Waals surface area contributed by atoms with Gasteiger partial charge in [0.2, 0.25) is 0 Å². The van der Waals surface area contributed by atoms with E-state index in [4.69, 9.17) is 9.47 Å². The number of pyridine rings is 3. The summed E-state index contributed by atoms with van der Waals surface area (Å²) >= 11 is 0. The van der Waals surface area contributed by atoms with Crippen molar-refractivity contribution in [3.63, 3.8) is 0 Å². The molecule has 354 valence electrons. The molecule has 3 atom stereocenters. The van der Waals surface area contributed by atoms with Crippen LogP contribution in [0.2, 0.25) is 0 Å². The predicted octanol–water partition coefficient (Wildman–Crippen LogP) is 9.97. The third-order valence-corrected chi connectivity index (χ3v) is 12.3. The van der Waals surface area contributed by atoms with Gasteiger partial charge in [-0.3, -0.25) is 0 Å². The highest BCUT2D eigenvalue weighted by molar-refractivity contribution is 6.12. The second kappa shape index (κ2) is 19.9. The first-order valence-corrected chi connectivity index (χ1v) is 22.9. The molecule has 3 unspecified atom stereocenters. The maximum Gasteiger partial charge on any atom is 0.357 e.